The number of rotatable bonds is 7. The fraction of sp³-hybridized carbons (Fsp3) is 0.320. The number of amides is 3. The van der Waals surface area contributed by atoms with E-state index >= 15 is 0 Å². The molecule has 2 heterocycles. The number of carbonyl (C=O) groups excluding carboxylic acids is 3. The Balaban J connectivity index is 1.43. The Morgan fingerprint density at radius 3 is 2.17 bits per heavy atom. The van der Waals surface area contributed by atoms with E-state index in [1.54, 1.807) is 23.1 Å². The molecular formula is C25H27N3O6S. The predicted octanol–water partition coefficient (Wildman–Crippen LogP) is 3.10. The first-order valence-corrected chi connectivity index (χ1v) is 11.9. The van der Waals surface area contributed by atoms with Crippen LogP contribution in [0.2, 0.25) is 0 Å². The maximum absolute atomic E-state index is 13.0. The van der Waals surface area contributed by atoms with Crippen LogP contribution < -0.4 is 19.1 Å². The number of methoxy groups -OCH3 is 3. The molecule has 2 aliphatic heterocycles. The van der Waals surface area contributed by atoms with Gasteiger partial charge in [-0.05, 0) is 36.0 Å². The van der Waals surface area contributed by atoms with E-state index in [-0.39, 0.29) is 17.4 Å². The number of benzene rings is 2. The van der Waals surface area contributed by atoms with Crippen LogP contribution in [0.1, 0.15) is 5.56 Å². The highest BCUT2D eigenvalue weighted by atomic mass is 32.2. The number of piperazine rings is 1. The number of ether oxygens (including phenoxy) is 3. The van der Waals surface area contributed by atoms with Crippen LogP contribution >= 0.6 is 11.8 Å². The van der Waals surface area contributed by atoms with Crippen LogP contribution in [0.3, 0.4) is 0 Å². The van der Waals surface area contributed by atoms with Gasteiger partial charge in [0.05, 0.1) is 26.2 Å². The predicted molar refractivity (Wildman–Crippen MR) is 134 cm³/mol. The van der Waals surface area contributed by atoms with Crippen molar-refractivity contribution in [2.24, 2.45) is 0 Å². The van der Waals surface area contributed by atoms with E-state index in [2.05, 4.69) is 4.90 Å². The first kappa shape index (κ1) is 24.5. The molecule has 0 unspecified atom stereocenters. The van der Waals surface area contributed by atoms with E-state index in [0.717, 1.165) is 22.3 Å². The Labute approximate surface area is 208 Å². The number of hydrogen-bond acceptors (Lipinski definition) is 8. The van der Waals surface area contributed by atoms with Crippen molar-refractivity contribution >= 4 is 40.6 Å². The third-order valence-electron chi connectivity index (χ3n) is 5.94. The number of nitrogens with zero attached hydrogens (tertiary/aromatic N) is 3. The Morgan fingerprint density at radius 2 is 1.54 bits per heavy atom. The first-order valence-electron chi connectivity index (χ1n) is 11.1. The molecule has 2 fully saturated rings. The summed E-state index contributed by atoms with van der Waals surface area (Å²) in [7, 11) is 4.52. The van der Waals surface area contributed by atoms with Crippen molar-refractivity contribution in [1.82, 2.24) is 9.80 Å². The van der Waals surface area contributed by atoms with Crippen LogP contribution in [0, 0.1) is 0 Å². The second-order valence-electron chi connectivity index (χ2n) is 7.92. The molecule has 3 amide bonds. The summed E-state index contributed by atoms with van der Waals surface area (Å²) in [5.74, 6) is 0.649. The molecule has 0 radical (unpaired) electrons. The van der Waals surface area contributed by atoms with E-state index < -0.39 is 11.1 Å². The van der Waals surface area contributed by atoms with Crippen LogP contribution in [-0.2, 0) is 9.59 Å². The van der Waals surface area contributed by atoms with Crippen LogP contribution in [0.25, 0.3) is 6.08 Å². The van der Waals surface area contributed by atoms with Gasteiger partial charge in [-0.25, -0.2) is 0 Å². The Morgan fingerprint density at radius 1 is 0.914 bits per heavy atom. The van der Waals surface area contributed by atoms with Gasteiger partial charge in [-0.2, -0.15) is 0 Å². The number of para-hydroxylation sites is 1. The number of anilines is 1. The van der Waals surface area contributed by atoms with E-state index in [1.807, 2.05) is 30.3 Å². The van der Waals surface area contributed by atoms with Gasteiger partial charge in [0.2, 0.25) is 5.91 Å². The average molecular weight is 498 g/mol. The molecule has 184 valence electrons. The summed E-state index contributed by atoms with van der Waals surface area (Å²) in [5, 5.41) is -0.475. The lowest BCUT2D eigenvalue weighted by Crippen LogP contribution is -2.51. The lowest BCUT2D eigenvalue weighted by Gasteiger charge is -2.36. The van der Waals surface area contributed by atoms with Gasteiger partial charge in [-0.3, -0.25) is 19.3 Å². The van der Waals surface area contributed by atoms with Gasteiger partial charge >= 0.3 is 0 Å². The maximum Gasteiger partial charge on any atom is 0.294 e. The highest BCUT2D eigenvalue weighted by Gasteiger charge is 2.37. The van der Waals surface area contributed by atoms with Gasteiger partial charge in [0.25, 0.3) is 11.1 Å². The Hall–Kier alpha value is -3.66. The minimum atomic E-state index is -0.506. The number of imide groups is 1. The zero-order valence-corrected chi connectivity index (χ0v) is 20.7. The molecule has 0 aliphatic carbocycles. The van der Waals surface area contributed by atoms with Crippen molar-refractivity contribution in [3.8, 4) is 17.2 Å². The number of thioether (sulfide) groups is 1. The van der Waals surface area contributed by atoms with E-state index in [9.17, 15) is 14.4 Å². The molecule has 2 aliphatic rings. The summed E-state index contributed by atoms with van der Waals surface area (Å²) in [5.41, 5.74) is 1.67. The fourth-order valence-corrected chi connectivity index (χ4v) is 4.86. The SMILES string of the molecule is COc1cc(OC)c(OC)cc1/C=C1/SC(=O)N(CC(=O)N2CCN(c3ccccc3)CC2)C1=O. The molecule has 2 saturated heterocycles. The molecule has 2 aromatic rings. The molecule has 2 aromatic carbocycles. The summed E-state index contributed by atoms with van der Waals surface area (Å²) in [4.78, 5) is 43.6. The third kappa shape index (κ3) is 5.22. The fourth-order valence-electron chi connectivity index (χ4n) is 4.03. The summed E-state index contributed by atoms with van der Waals surface area (Å²) >= 11 is 0.797. The molecule has 0 spiro atoms. The van der Waals surface area contributed by atoms with E-state index in [1.165, 1.54) is 21.3 Å². The Bertz CT molecular complexity index is 1150. The highest BCUT2D eigenvalue weighted by molar-refractivity contribution is 8.18. The van der Waals surface area contributed by atoms with Gasteiger partial charge in [0.1, 0.15) is 12.3 Å². The minimum absolute atomic E-state index is 0.210. The third-order valence-corrected chi connectivity index (χ3v) is 6.85. The largest absolute Gasteiger partial charge is 0.496 e. The lowest BCUT2D eigenvalue weighted by atomic mass is 10.1. The second-order valence-corrected chi connectivity index (χ2v) is 8.91. The standard InChI is InChI=1S/C25H27N3O6S/c1-32-19-15-21(34-3)20(33-2)13-17(19)14-22-24(30)28(25(31)35-22)16-23(29)27-11-9-26(10-12-27)18-7-5-4-6-8-18/h4-8,13-15H,9-12,16H2,1-3H3/b22-14+. The summed E-state index contributed by atoms with van der Waals surface area (Å²) in [6, 6.07) is 13.3. The zero-order valence-electron chi connectivity index (χ0n) is 19.9. The van der Waals surface area contributed by atoms with Crippen molar-refractivity contribution in [1.29, 1.82) is 0 Å². The van der Waals surface area contributed by atoms with E-state index in [0.29, 0.717) is 49.0 Å². The van der Waals surface area contributed by atoms with Gasteiger partial charge in [-0.15, -0.1) is 0 Å². The molecule has 0 N–H and O–H groups in total. The van der Waals surface area contributed by atoms with Gasteiger partial charge < -0.3 is 24.0 Å². The molecule has 0 saturated carbocycles. The topological polar surface area (TPSA) is 88.6 Å². The number of carbonyl (C=O) groups is 3. The van der Waals surface area contributed by atoms with Gasteiger partial charge in [-0.1, -0.05) is 18.2 Å². The molecule has 9 nitrogen and oxygen atoms in total. The zero-order chi connectivity index (χ0) is 24.9. The lowest BCUT2D eigenvalue weighted by molar-refractivity contribution is -0.136. The second kappa shape index (κ2) is 10.7. The van der Waals surface area contributed by atoms with Crippen LogP contribution in [-0.4, -0.2) is 80.9 Å². The van der Waals surface area contributed by atoms with Crippen molar-refractivity contribution in [2.45, 2.75) is 0 Å². The first-order chi connectivity index (χ1) is 16.9. The molecule has 0 aromatic heterocycles. The summed E-state index contributed by atoms with van der Waals surface area (Å²) in [6.45, 7) is 2.16. The molecular weight excluding hydrogens is 470 g/mol. The molecule has 35 heavy (non-hydrogen) atoms. The van der Waals surface area contributed by atoms with Crippen LogP contribution in [0.4, 0.5) is 10.5 Å². The van der Waals surface area contributed by atoms with Gasteiger partial charge in [0, 0.05) is 43.5 Å². The molecule has 10 heteroatoms. The Kier molecular flexibility index (Phi) is 7.50. The van der Waals surface area contributed by atoms with Crippen molar-refractivity contribution < 1.29 is 28.6 Å². The van der Waals surface area contributed by atoms with Crippen LogP contribution in [0.15, 0.2) is 47.4 Å². The summed E-state index contributed by atoms with van der Waals surface area (Å²) < 4.78 is 16.0. The minimum Gasteiger partial charge on any atom is -0.496 e. The van der Waals surface area contributed by atoms with Crippen molar-refractivity contribution in [3.63, 3.8) is 0 Å². The number of hydrogen-bond donors (Lipinski definition) is 0. The monoisotopic (exact) mass is 497 g/mol. The van der Waals surface area contributed by atoms with Crippen molar-refractivity contribution in [3.05, 3.63) is 52.9 Å². The highest BCUT2D eigenvalue weighted by Crippen LogP contribution is 2.38. The summed E-state index contributed by atoms with van der Waals surface area (Å²) in [6.07, 6.45) is 1.56. The van der Waals surface area contributed by atoms with Crippen LogP contribution in [0.5, 0.6) is 17.2 Å². The van der Waals surface area contributed by atoms with E-state index in [4.69, 9.17) is 14.2 Å². The molecule has 0 bridgehead atoms. The average Bonchev–Trinajstić information content (AvgIpc) is 3.16. The normalized spacial score (nSPS) is 17.2. The molecule has 4 rings (SSSR count). The maximum atomic E-state index is 13.0. The quantitative estimate of drug-likeness (QED) is 0.540. The van der Waals surface area contributed by atoms with Gasteiger partial charge in [0.15, 0.2) is 11.5 Å². The van der Waals surface area contributed by atoms with Crippen molar-refractivity contribution in [2.75, 3.05) is 59.0 Å². The molecule has 0 atom stereocenters. The smallest absolute Gasteiger partial charge is 0.294 e.